The van der Waals surface area contributed by atoms with E-state index in [-0.39, 0.29) is 11.8 Å². The predicted octanol–water partition coefficient (Wildman–Crippen LogP) is 3.42. The fraction of sp³-hybridized carbons (Fsp3) is 0.444. The Labute approximate surface area is 205 Å². The summed E-state index contributed by atoms with van der Waals surface area (Å²) in [6.07, 6.45) is 4.36. The van der Waals surface area contributed by atoms with Gasteiger partial charge in [-0.25, -0.2) is 9.97 Å². The number of imidazole rings is 1. The van der Waals surface area contributed by atoms with Crippen LogP contribution in [0.3, 0.4) is 0 Å². The summed E-state index contributed by atoms with van der Waals surface area (Å²) < 4.78 is 5.50. The number of aromatic nitrogens is 3. The van der Waals surface area contributed by atoms with Crippen LogP contribution in [0.15, 0.2) is 42.6 Å². The molecule has 0 unspecified atom stereocenters. The maximum atomic E-state index is 13.8. The zero-order valence-corrected chi connectivity index (χ0v) is 20.2. The van der Waals surface area contributed by atoms with E-state index in [1.165, 1.54) is 0 Å². The summed E-state index contributed by atoms with van der Waals surface area (Å²) >= 11 is 0. The van der Waals surface area contributed by atoms with Gasteiger partial charge in [0, 0.05) is 62.5 Å². The first-order chi connectivity index (χ1) is 17.2. The molecule has 1 aromatic carbocycles. The SMILES string of the molecule is Cc1ccc(N2CCC(C(=O)N3CCc4[nH]c(N5CCOCC5)nc4-c4ccccc43)CC2)nc1. The van der Waals surface area contributed by atoms with Crippen LogP contribution in [0.1, 0.15) is 24.1 Å². The van der Waals surface area contributed by atoms with Crippen LogP contribution in [0.5, 0.6) is 0 Å². The van der Waals surface area contributed by atoms with E-state index in [4.69, 9.17) is 9.72 Å². The normalized spacial score (nSPS) is 18.7. The lowest BCUT2D eigenvalue weighted by molar-refractivity contribution is -0.123. The molecule has 5 heterocycles. The first-order valence-corrected chi connectivity index (χ1v) is 12.7. The summed E-state index contributed by atoms with van der Waals surface area (Å²) in [4.78, 5) is 33.5. The highest BCUT2D eigenvalue weighted by Gasteiger charge is 2.33. The minimum absolute atomic E-state index is 0.0260. The minimum Gasteiger partial charge on any atom is -0.378 e. The monoisotopic (exact) mass is 472 g/mol. The molecule has 8 nitrogen and oxygen atoms in total. The number of hydrogen-bond donors (Lipinski definition) is 1. The van der Waals surface area contributed by atoms with Gasteiger partial charge in [-0.3, -0.25) is 4.79 Å². The quantitative estimate of drug-likeness (QED) is 0.630. The maximum absolute atomic E-state index is 13.8. The van der Waals surface area contributed by atoms with Crippen molar-refractivity contribution in [3.63, 3.8) is 0 Å². The third-order valence-corrected chi connectivity index (χ3v) is 7.44. The molecular formula is C27H32N6O2. The molecular weight excluding hydrogens is 440 g/mol. The first-order valence-electron chi connectivity index (χ1n) is 12.7. The molecule has 0 spiro atoms. The number of aryl methyl sites for hydroxylation is 1. The summed E-state index contributed by atoms with van der Waals surface area (Å²) in [5.74, 6) is 2.16. The average molecular weight is 473 g/mol. The zero-order chi connectivity index (χ0) is 23.8. The molecule has 8 heteroatoms. The fourth-order valence-electron chi connectivity index (χ4n) is 5.43. The van der Waals surface area contributed by atoms with Crippen LogP contribution in [-0.2, 0) is 16.0 Å². The van der Waals surface area contributed by atoms with Crippen LogP contribution in [-0.4, -0.2) is 66.8 Å². The van der Waals surface area contributed by atoms with Gasteiger partial charge < -0.3 is 24.4 Å². The number of nitrogens with one attached hydrogen (secondary N) is 1. The Morgan fingerprint density at radius 1 is 1.00 bits per heavy atom. The largest absolute Gasteiger partial charge is 0.378 e. The third kappa shape index (κ3) is 4.27. The maximum Gasteiger partial charge on any atom is 0.230 e. The van der Waals surface area contributed by atoms with Crippen molar-refractivity contribution in [3.05, 3.63) is 53.9 Å². The van der Waals surface area contributed by atoms with Crippen LogP contribution < -0.4 is 14.7 Å². The number of anilines is 3. The lowest BCUT2D eigenvalue weighted by atomic mass is 9.94. The smallest absolute Gasteiger partial charge is 0.230 e. The van der Waals surface area contributed by atoms with Crippen LogP contribution in [0.4, 0.5) is 17.5 Å². The van der Waals surface area contributed by atoms with Gasteiger partial charge in [-0.1, -0.05) is 24.3 Å². The van der Waals surface area contributed by atoms with Crippen LogP contribution in [0.2, 0.25) is 0 Å². The molecule has 0 radical (unpaired) electrons. The van der Waals surface area contributed by atoms with E-state index in [1.54, 1.807) is 0 Å². The number of fused-ring (bicyclic) bond motifs is 3. The van der Waals surface area contributed by atoms with Crippen molar-refractivity contribution in [1.82, 2.24) is 15.0 Å². The van der Waals surface area contributed by atoms with E-state index < -0.39 is 0 Å². The molecule has 2 saturated heterocycles. The van der Waals surface area contributed by atoms with Crippen molar-refractivity contribution < 1.29 is 9.53 Å². The van der Waals surface area contributed by atoms with Gasteiger partial charge in [0.15, 0.2) is 0 Å². The van der Waals surface area contributed by atoms with Crippen LogP contribution in [0, 0.1) is 12.8 Å². The summed E-state index contributed by atoms with van der Waals surface area (Å²) in [6, 6.07) is 12.4. The molecule has 0 atom stereocenters. The molecule has 0 aliphatic carbocycles. The summed E-state index contributed by atoms with van der Waals surface area (Å²) in [5, 5.41) is 0. The van der Waals surface area contributed by atoms with Gasteiger partial charge in [0.25, 0.3) is 0 Å². The lowest BCUT2D eigenvalue weighted by Gasteiger charge is -2.35. The topological polar surface area (TPSA) is 77.6 Å². The Kier molecular flexibility index (Phi) is 5.90. The highest BCUT2D eigenvalue weighted by atomic mass is 16.5. The first kappa shape index (κ1) is 22.1. The number of carbonyl (C=O) groups is 1. The van der Waals surface area contributed by atoms with Gasteiger partial charge in [-0.05, 0) is 37.5 Å². The highest BCUT2D eigenvalue weighted by Crippen LogP contribution is 2.38. The Morgan fingerprint density at radius 2 is 1.80 bits per heavy atom. The van der Waals surface area contributed by atoms with Gasteiger partial charge in [0.1, 0.15) is 5.82 Å². The van der Waals surface area contributed by atoms with E-state index in [1.807, 2.05) is 23.2 Å². The Balaban J connectivity index is 1.21. The minimum atomic E-state index is 0.0260. The standard InChI is InChI=1S/C27H32N6O2/c1-19-6-7-24(28-18-19)31-11-8-20(9-12-31)26(34)33-13-10-22-25(21-4-2-3-5-23(21)33)30-27(29-22)32-14-16-35-17-15-32/h2-7,18,20H,8-17H2,1H3,(H,29,30). The molecule has 3 aromatic rings. The number of aromatic amines is 1. The number of rotatable bonds is 3. The van der Waals surface area contributed by atoms with Crippen molar-refractivity contribution in [2.24, 2.45) is 5.92 Å². The number of morpholine rings is 1. The molecule has 3 aliphatic heterocycles. The highest BCUT2D eigenvalue weighted by molar-refractivity contribution is 5.99. The second-order valence-electron chi connectivity index (χ2n) is 9.70. The second-order valence-corrected chi connectivity index (χ2v) is 9.70. The predicted molar refractivity (Wildman–Crippen MR) is 137 cm³/mol. The van der Waals surface area contributed by atoms with Crippen molar-refractivity contribution in [2.45, 2.75) is 26.2 Å². The van der Waals surface area contributed by atoms with Gasteiger partial charge in [-0.2, -0.15) is 0 Å². The summed E-state index contributed by atoms with van der Waals surface area (Å²) in [7, 11) is 0. The molecule has 2 fully saturated rings. The Morgan fingerprint density at radius 3 is 2.57 bits per heavy atom. The number of nitrogens with zero attached hydrogens (tertiary/aromatic N) is 5. The molecule has 1 amide bonds. The van der Waals surface area contributed by atoms with Gasteiger partial charge >= 0.3 is 0 Å². The summed E-state index contributed by atoms with van der Waals surface area (Å²) in [5.41, 5.74) is 5.24. The van der Waals surface area contributed by atoms with Crippen molar-refractivity contribution in [2.75, 3.05) is 60.6 Å². The molecule has 2 aromatic heterocycles. The molecule has 0 bridgehead atoms. The number of piperidine rings is 1. The van der Waals surface area contributed by atoms with Crippen molar-refractivity contribution in [3.8, 4) is 11.3 Å². The number of carbonyl (C=O) groups excluding carboxylic acids is 1. The molecule has 1 N–H and O–H groups in total. The molecule has 182 valence electrons. The van der Waals surface area contributed by atoms with E-state index >= 15 is 0 Å². The van der Waals surface area contributed by atoms with E-state index in [0.717, 1.165) is 98.6 Å². The van der Waals surface area contributed by atoms with E-state index in [0.29, 0.717) is 6.54 Å². The molecule has 35 heavy (non-hydrogen) atoms. The number of H-pyrrole nitrogens is 1. The number of benzene rings is 1. The molecule has 3 aliphatic rings. The van der Waals surface area contributed by atoms with Crippen molar-refractivity contribution >= 4 is 23.4 Å². The van der Waals surface area contributed by atoms with E-state index in [2.05, 4.69) is 51.0 Å². The number of hydrogen-bond acceptors (Lipinski definition) is 6. The summed E-state index contributed by atoms with van der Waals surface area (Å²) in [6.45, 7) is 7.55. The fourth-order valence-corrected chi connectivity index (χ4v) is 5.43. The second kappa shape index (κ2) is 9.34. The lowest BCUT2D eigenvalue weighted by Crippen LogP contribution is -2.43. The molecule has 0 saturated carbocycles. The number of amides is 1. The van der Waals surface area contributed by atoms with Gasteiger partial charge in [-0.15, -0.1) is 0 Å². The molecule has 6 rings (SSSR count). The van der Waals surface area contributed by atoms with Gasteiger partial charge in [0.2, 0.25) is 11.9 Å². The zero-order valence-electron chi connectivity index (χ0n) is 20.2. The van der Waals surface area contributed by atoms with E-state index in [9.17, 15) is 4.79 Å². The van der Waals surface area contributed by atoms with Gasteiger partial charge in [0.05, 0.1) is 24.6 Å². The average Bonchev–Trinajstić information content (AvgIpc) is 3.28. The number of para-hydroxylation sites is 1. The van der Waals surface area contributed by atoms with Crippen molar-refractivity contribution in [1.29, 1.82) is 0 Å². The third-order valence-electron chi connectivity index (χ3n) is 7.44. The number of ether oxygens (including phenoxy) is 1. The van der Waals surface area contributed by atoms with Crippen LogP contribution in [0.25, 0.3) is 11.3 Å². The Hall–Kier alpha value is -3.39. The number of pyridine rings is 1. The van der Waals surface area contributed by atoms with Crippen LogP contribution >= 0.6 is 0 Å². The Bertz CT molecular complexity index is 1190.